The average Bonchev–Trinajstić information content (AvgIpc) is 3.35. The standard InChI is InChI=1S/C30H33BrN4O3/c1-21(33(18-22-7-3-2-4-8-22)19-23-11-13-24(31)14-12-23)17-25-28-15-16-34(29(25)37-28)30(36)38-35-20-32-26-9-5-6-10-27(26)35/h2-14,21,25,28-29,32H,15-20H2,1H3/t21?,25?,28?,29-/m0/s1. The van der Waals surface area contributed by atoms with Gasteiger partial charge in [-0.2, -0.15) is 5.06 Å². The molecule has 3 heterocycles. The number of rotatable bonds is 8. The number of hydrogen-bond donors (Lipinski definition) is 1. The number of ether oxygens (including phenoxy) is 1. The van der Waals surface area contributed by atoms with Gasteiger partial charge in [0.25, 0.3) is 0 Å². The van der Waals surface area contributed by atoms with Gasteiger partial charge in [-0.3, -0.25) is 9.80 Å². The molecule has 0 spiro atoms. The van der Waals surface area contributed by atoms with Gasteiger partial charge in [-0.25, -0.2) is 4.79 Å². The van der Waals surface area contributed by atoms with Gasteiger partial charge in [0, 0.05) is 36.1 Å². The fourth-order valence-corrected chi connectivity index (χ4v) is 6.05. The summed E-state index contributed by atoms with van der Waals surface area (Å²) in [7, 11) is 0. The zero-order chi connectivity index (χ0) is 26.1. The van der Waals surface area contributed by atoms with Crippen molar-refractivity contribution in [3.63, 3.8) is 0 Å². The predicted molar refractivity (Wildman–Crippen MR) is 151 cm³/mol. The third kappa shape index (κ3) is 5.25. The number of carbonyl (C=O) groups is 1. The summed E-state index contributed by atoms with van der Waals surface area (Å²) < 4.78 is 7.24. The molecule has 1 amide bonds. The molecule has 6 rings (SSSR count). The molecule has 0 aliphatic carbocycles. The number of anilines is 2. The molecule has 3 unspecified atom stereocenters. The number of amides is 1. The summed E-state index contributed by atoms with van der Waals surface area (Å²) in [5.41, 5.74) is 4.42. The van der Waals surface area contributed by atoms with Crippen molar-refractivity contribution in [1.82, 2.24) is 9.80 Å². The quantitative estimate of drug-likeness (QED) is 0.343. The smallest absolute Gasteiger partial charge is 0.363 e. The monoisotopic (exact) mass is 576 g/mol. The summed E-state index contributed by atoms with van der Waals surface area (Å²) in [4.78, 5) is 23.3. The maximum absolute atomic E-state index is 13.2. The number of fused-ring (bicyclic) bond motifs is 3. The van der Waals surface area contributed by atoms with Crippen molar-refractivity contribution in [2.75, 3.05) is 23.6 Å². The molecule has 2 fully saturated rings. The summed E-state index contributed by atoms with van der Waals surface area (Å²) >= 11 is 3.55. The molecular weight excluding hydrogens is 544 g/mol. The lowest BCUT2D eigenvalue weighted by molar-refractivity contribution is -0.275. The zero-order valence-electron chi connectivity index (χ0n) is 21.5. The van der Waals surface area contributed by atoms with Crippen LogP contribution in [-0.2, 0) is 22.7 Å². The molecular formula is C30H33BrN4O3. The summed E-state index contributed by atoms with van der Waals surface area (Å²) in [5, 5.41) is 4.89. The van der Waals surface area contributed by atoms with E-state index in [9.17, 15) is 4.79 Å². The number of hydrogen-bond acceptors (Lipinski definition) is 6. The lowest BCUT2D eigenvalue weighted by atomic mass is 9.82. The van der Waals surface area contributed by atoms with E-state index in [-0.39, 0.29) is 18.4 Å². The second-order valence-corrected chi connectivity index (χ2v) is 11.3. The highest BCUT2D eigenvalue weighted by Gasteiger charge is 2.52. The van der Waals surface area contributed by atoms with E-state index in [1.54, 1.807) is 9.96 Å². The molecule has 0 aromatic heterocycles. The number of likely N-dealkylation sites (tertiary alicyclic amines) is 1. The first kappa shape index (κ1) is 25.2. The lowest BCUT2D eigenvalue weighted by Gasteiger charge is -2.55. The maximum Gasteiger partial charge on any atom is 0.436 e. The van der Waals surface area contributed by atoms with Gasteiger partial charge in [-0.1, -0.05) is 70.5 Å². The van der Waals surface area contributed by atoms with E-state index < -0.39 is 0 Å². The normalized spacial score (nSPS) is 22.4. The second kappa shape index (κ2) is 11.0. The highest BCUT2D eigenvalue weighted by molar-refractivity contribution is 9.10. The van der Waals surface area contributed by atoms with Crippen LogP contribution in [0.25, 0.3) is 0 Å². The Morgan fingerprint density at radius 1 is 1.05 bits per heavy atom. The summed E-state index contributed by atoms with van der Waals surface area (Å²) in [6, 6.07) is 27.3. The molecule has 8 heteroatoms. The Labute approximate surface area is 232 Å². The highest BCUT2D eigenvalue weighted by atomic mass is 79.9. The van der Waals surface area contributed by atoms with Gasteiger partial charge < -0.3 is 14.9 Å². The molecule has 2 saturated heterocycles. The van der Waals surface area contributed by atoms with E-state index in [1.165, 1.54) is 11.1 Å². The predicted octanol–water partition coefficient (Wildman–Crippen LogP) is 6.22. The minimum Gasteiger partial charge on any atom is -0.363 e. The van der Waals surface area contributed by atoms with Crippen LogP contribution >= 0.6 is 15.9 Å². The molecule has 3 aliphatic heterocycles. The minimum atomic E-state index is -0.347. The number of piperidine rings is 1. The van der Waals surface area contributed by atoms with Gasteiger partial charge in [-0.05, 0) is 55.2 Å². The van der Waals surface area contributed by atoms with E-state index >= 15 is 0 Å². The Hall–Kier alpha value is -3.07. The molecule has 2 bridgehead atoms. The first-order chi connectivity index (χ1) is 18.5. The summed E-state index contributed by atoms with van der Waals surface area (Å²) in [6.45, 7) is 5.13. The molecule has 1 N–H and O–H groups in total. The van der Waals surface area contributed by atoms with Crippen LogP contribution in [0.5, 0.6) is 0 Å². The van der Waals surface area contributed by atoms with Gasteiger partial charge in [-0.15, -0.1) is 0 Å². The number of nitrogens with zero attached hydrogens (tertiary/aromatic N) is 3. The molecule has 3 aromatic carbocycles. The van der Waals surface area contributed by atoms with Crippen LogP contribution in [0.4, 0.5) is 16.2 Å². The van der Waals surface area contributed by atoms with E-state index in [0.29, 0.717) is 25.2 Å². The van der Waals surface area contributed by atoms with E-state index in [1.807, 2.05) is 24.3 Å². The van der Waals surface area contributed by atoms with E-state index in [2.05, 4.69) is 87.7 Å². The first-order valence-electron chi connectivity index (χ1n) is 13.3. The Morgan fingerprint density at radius 3 is 2.53 bits per heavy atom. The Balaban J connectivity index is 1.12. The Morgan fingerprint density at radius 2 is 1.76 bits per heavy atom. The van der Waals surface area contributed by atoms with Crippen molar-refractivity contribution in [3.05, 3.63) is 94.5 Å². The zero-order valence-corrected chi connectivity index (χ0v) is 23.1. The van der Waals surface area contributed by atoms with Crippen molar-refractivity contribution in [1.29, 1.82) is 0 Å². The number of hydroxylamine groups is 1. The molecule has 0 saturated carbocycles. The van der Waals surface area contributed by atoms with Gasteiger partial charge in [0.15, 0.2) is 0 Å². The number of nitrogens with one attached hydrogen (secondary N) is 1. The van der Waals surface area contributed by atoms with E-state index in [0.717, 1.165) is 41.8 Å². The van der Waals surface area contributed by atoms with Gasteiger partial charge in [0.05, 0.1) is 11.8 Å². The van der Waals surface area contributed by atoms with E-state index in [4.69, 9.17) is 9.57 Å². The van der Waals surface area contributed by atoms with Gasteiger partial charge in [0.1, 0.15) is 18.6 Å². The van der Waals surface area contributed by atoms with Crippen LogP contribution in [0.1, 0.15) is 30.9 Å². The topological polar surface area (TPSA) is 57.3 Å². The first-order valence-corrected chi connectivity index (χ1v) is 14.1. The maximum atomic E-state index is 13.2. The van der Waals surface area contributed by atoms with Crippen LogP contribution in [0.2, 0.25) is 0 Å². The number of para-hydroxylation sites is 2. The molecule has 4 atom stereocenters. The lowest BCUT2D eigenvalue weighted by Crippen LogP contribution is -2.66. The third-order valence-electron chi connectivity index (χ3n) is 7.89. The molecule has 3 aromatic rings. The van der Waals surface area contributed by atoms with Crippen LogP contribution in [-0.4, -0.2) is 47.5 Å². The van der Waals surface area contributed by atoms with Crippen molar-refractivity contribution >= 4 is 33.4 Å². The van der Waals surface area contributed by atoms with Crippen LogP contribution in [0, 0.1) is 5.92 Å². The number of benzene rings is 3. The Kier molecular flexibility index (Phi) is 7.28. The highest BCUT2D eigenvalue weighted by Crippen LogP contribution is 2.42. The third-order valence-corrected chi connectivity index (χ3v) is 8.42. The molecule has 0 radical (unpaired) electrons. The number of carbonyl (C=O) groups excluding carboxylic acids is 1. The second-order valence-electron chi connectivity index (χ2n) is 10.4. The summed E-state index contributed by atoms with van der Waals surface area (Å²) in [5.74, 6) is 0.290. The van der Waals surface area contributed by atoms with Crippen molar-refractivity contribution in [3.8, 4) is 0 Å². The Bertz CT molecular complexity index is 1260. The minimum absolute atomic E-state index is 0.201. The van der Waals surface area contributed by atoms with Gasteiger partial charge in [0.2, 0.25) is 0 Å². The largest absolute Gasteiger partial charge is 0.436 e. The van der Waals surface area contributed by atoms with Crippen LogP contribution in [0.15, 0.2) is 83.3 Å². The molecule has 3 aliphatic rings. The SMILES string of the molecule is CC(CC1C2CCN(C(=O)ON3CNc4ccccc43)[C@H]1O2)N(Cc1ccccc1)Cc1ccc(Br)cc1. The molecule has 7 nitrogen and oxygen atoms in total. The average molecular weight is 578 g/mol. The fourth-order valence-electron chi connectivity index (χ4n) is 5.78. The van der Waals surface area contributed by atoms with Crippen LogP contribution in [0.3, 0.4) is 0 Å². The van der Waals surface area contributed by atoms with Crippen molar-refractivity contribution < 1.29 is 14.4 Å². The summed E-state index contributed by atoms with van der Waals surface area (Å²) in [6.07, 6.45) is 1.41. The fraction of sp³-hybridized carbons (Fsp3) is 0.367. The van der Waals surface area contributed by atoms with Crippen molar-refractivity contribution in [2.45, 2.75) is 51.2 Å². The van der Waals surface area contributed by atoms with Crippen molar-refractivity contribution in [2.24, 2.45) is 5.92 Å². The molecule has 198 valence electrons. The van der Waals surface area contributed by atoms with Gasteiger partial charge >= 0.3 is 6.09 Å². The number of halogens is 1. The van der Waals surface area contributed by atoms with Crippen LogP contribution < -0.4 is 10.4 Å². The molecule has 38 heavy (non-hydrogen) atoms.